The summed E-state index contributed by atoms with van der Waals surface area (Å²) >= 11 is 0. The molecule has 2 aliphatic heterocycles. The van der Waals surface area contributed by atoms with Crippen molar-refractivity contribution in [1.82, 2.24) is 14.1 Å². The molecule has 2 heterocycles. The van der Waals surface area contributed by atoms with E-state index in [9.17, 15) is 22.4 Å². The van der Waals surface area contributed by atoms with Crippen molar-refractivity contribution in [3.63, 3.8) is 0 Å². The fourth-order valence-corrected chi connectivity index (χ4v) is 5.94. The first kappa shape index (κ1) is 23.4. The van der Waals surface area contributed by atoms with Crippen molar-refractivity contribution in [2.45, 2.75) is 36.6 Å². The molecule has 0 radical (unpaired) electrons. The lowest BCUT2D eigenvalue weighted by atomic mass is 10.00. The van der Waals surface area contributed by atoms with Gasteiger partial charge in [-0.3, -0.25) is 9.59 Å². The first-order chi connectivity index (χ1) is 15.9. The van der Waals surface area contributed by atoms with Crippen molar-refractivity contribution in [2.24, 2.45) is 0 Å². The molecule has 4 rings (SSSR count). The number of nitrogens with zero attached hydrogens (tertiary/aromatic N) is 3. The molecule has 1 unspecified atom stereocenters. The quantitative estimate of drug-likeness (QED) is 0.669. The minimum Gasteiger partial charge on any atom is -0.339 e. The van der Waals surface area contributed by atoms with E-state index in [1.165, 1.54) is 16.4 Å². The summed E-state index contributed by atoms with van der Waals surface area (Å²) in [7, 11) is -3.79. The highest BCUT2D eigenvalue weighted by Gasteiger charge is 2.36. The summed E-state index contributed by atoms with van der Waals surface area (Å²) in [4.78, 5) is 29.7. The molecule has 2 amide bonds. The molecule has 0 aromatic heterocycles. The lowest BCUT2D eigenvalue weighted by Crippen LogP contribution is -2.48. The lowest BCUT2D eigenvalue weighted by Gasteiger charge is -2.36. The van der Waals surface area contributed by atoms with Crippen LogP contribution in [0.1, 0.15) is 37.3 Å². The van der Waals surface area contributed by atoms with Gasteiger partial charge in [0, 0.05) is 39.1 Å². The van der Waals surface area contributed by atoms with E-state index in [0.717, 1.165) is 30.5 Å². The zero-order valence-corrected chi connectivity index (χ0v) is 19.2. The Morgan fingerprint density at radius 2 is 1.58 bits per heavy atom. The van der Waals surface area contributed by atoms with Gasteiger partial charge in [0.15, 0.2) is 0 Å². The molecule has 33 heavy (non-hydrogen) atoms. The summed E-state index contributed by atoms with van der Waals surface area (Å²) in [6.45, 7) is 1.57. The van der Waals surface area contributed by atoms with Gasteiger partial charge < -0.3 is 9.80 Å². The molecule has 176 valence electrons. The lowest BCUT2D eigenvalue weighted by molar-refractivity contribution is -0.147. The third-order valence-corrected chi connectivity index (χ3v) is 8.15. The van der Waals surface area contributed by atoms with Crippen LogP contribution in [0.5, 0.6) is 0 Å². The van der Waals surface area contributed by atoms with Crippen molar-refractivity contribution in [1.29, 1.82) is 0 Å². The van der Waals surface area contributed by atoms with Crippen LogP contribution in [0.25, 0.3) is 0 Å². The summed E-state index contributed by atoms with van der Waals surface area (Å²) in [5.41, 5.74) is 0.762. The van der Waals surface area contributed by atoms with Crippen LogP contribution in [0.2, 0.25) is 0 Å². The van der Waals surface area contributed by atoms with Crippen LogP contribution in [-0.2, 0) is 19.6 Å². The van der Waals surface area contributed by atoms with Crippen molar-refractivity contribution < 1.29 is 22.4 Å². The Bertz CT molecular complexity index is 1090. The predicted molar refractivity (Wildman–Crippen MR) is 121 cm³/mol. The Morgan fingerprint density at radius 3 is 2.27 bits per heavy atom. The number of piperidine rings is 1. The highest BCUT2D eigenvalue weighted by atomic mass is 32.2. The molecule has 0 N–H and O–H groups in total. The largest absolute Gasteiger partial charge is 0.339 e. The summed E-state index contributed by atoms with van der Waals surface area (Å²) in [5.74, 6) is -0.711. The number of carbonyl (C=O) groups excluding carboxylic acids is 2. The monoisotopic (exact) mass is 473 g/mol. The number of carbonyl (C=O) groups is 2. The van der Waals surface area contributed by atoms with Crippen molar-refractivity contribution in [3.05, 3.63) is 66.0 Å². The molecule has 2 saturated heterocycles. The van der Waals surface area contributed by atoms with E-state index in [1.54, 1.807) is 9.80 Å². The van der Waals surface area contributed by atoms with Crippen LogP contribution >= 0.6 is 0 Å². The van der Waals surface area contributed by atoms with Crippen LogP contribution in [0, 0.1) is 5.82 Å². The molecule has 0 aliphatic carbocycles. The molecule has 1 atom stereocenters. The van der Waals surface area contributed by atoms with Crippen LogP contribution < -0.4 is 0 Å². The van der Waals surface area contributed by atoms with Gasteiger partial charge in [0.1, 0.15) is 11.9 Å². The number of amides is 2. The number of hydrogen-bond donors (Lipinski definition) is 0. The molecular weight excluding hydrogens is 445 g/mol. The van der Waals surface area contributed by atoms with E-state index >= 15 is 0 Å². The van der Waals surface area contributed by atoms with Gasteiger partial charge in [0.05, 0.1) is 4.90 Å². The zero-order valence-electron chi connectivity index (χ0n) is 18.4. The van der Waals surface area contributed by atoms with Crippen LogP contribution in [0.4, 0.5) is 4.39 Å². The first-order valence-electron chi connectivity index (χ1n) is 11.3. The van der Waals surface area contributed by atoms with Gasteiger partial charge >= 0.3 is 0 Å². The molecule has 9 heteroatoms. The number of halogens is 1. The number of likely N-dealkylation sites (tertiary alicyclic amines) is 1. The topological polar surface area (TPSA) is 78.0 Å². The first-order valence-corrected chi connectivity index (χ1v) is 12.7. The third-order valence-electron chi connectivity index (χ3n) is 6.24. The second-order valence-electron chi connectivity index (χ2n) is 8.39. The molecule has 0 bridgehead atoms. The van der Waals surface area contributed by atoms with Crippen LogP contribution in [-0.4, -0.2) is 67.1 Å². The Labute approximate surface area is 193 Å². The summed E-state index contributed by atoms with van der Waals surface area (Å²) in [6, 6.07) is 13.3. The van der Waals surface area contributed by atoms with Gasteiger partial charge in [0.25, 0.3) is 0 Å². The Hall–Kier alpha value is -2.78. The average molecular weight is 474 g/mol. The van der Waals surface area contributed by atoms with E-state index in [1.807, 2.05) is 30.3 Å². The SMILES string of the molecule is O=C(C(c1ccccc1)N1CCCCC1=O)N1CCCN(S(=O)(=O)c2ccc(F)cc2)CC1. The van der Waals surface area contributed by atoms with E-state index in [4.69, 9.17) is 0 Å². The van der Waals surface area contributed by atoms with E-state index < -0.39 is 21.9 Å². The summed E-state index contributed by atoms with van der Waals surface area (Å²) in [6.07, 6.45) is 2.58. The second kappa shape index (κ2) is 10.0. The standard InChI is InChI=1S/C24H28FN3O4S/c25-20-10-12-21(13-11-20)33(31,32)27-15-6-14-26(17-18-27)24(30)23(19-7-2-1-3-8-19)28-16-5-4-9-22(28)29/h1-3,7-8,10-13,23H,4-6,9,14-18H2. The minimum absolute atomic E-state index is 0.0289. The van der Waals surface area contributed by atoms with Crippen LogP contribution in [0.3, 0.4) is 0 Å². The van der Waals surface area contributed by atoms with E-state index in [-0.39, 0.29) is 36.3 Å². The average Bonchev–Trinajstić information content (AvgIpc) is 3.08. The molecule has 2 fully saturated rings. The van der Waals surface area contributed by atoms with Crippen molar-refractivity contribution in [3.8, 4) is 0 Å². The van der Waals surface area contributed by atoms with Crippen LogP contribution in [0.15, 0.2) is 59.5 Å². The Kier molecular flexibility index (Phi) is 7.09. The number of hydrogen-bond acceptors (Lipinski definition) is 4. The maximum absolute atomic E-state index is 13.7. The molecule has 7 nitrogen and oxygen atoms in total. The maximum atomic E-state index is 13.7. The molecule has 0 spiro atoms. The van der Waals surface area contributed by atoms with Gasteiger partial charge in [-0.15, -0.1) is 0 Å². The third kappa shape index (κ3) is 5.09. The summed E-state index contributed by atoms with van der Waals surface area (Å²) < 4.78 is 40.6. The van der Waals surface area contributed by atoms with E-state index in [0.29, 0.717) is 25.9 Å². The van der Waals surface area contributed by atoms with Gasteiger partial charge in [-0.2, -0.15) is 4.31 Å². The maximum Gasteiger partial charge on any atom is 0.250 e. The zero-order chi connectivity index (χ0) is 23.4. The summed E-state index contributed by atoms with van der Waals surface area (Å²) in [5, 5.41) is 0. The van der Waals surface area contributed by atoms with Crippen molar-refractivity contribution in [2.75, 3.05) is 32.7 Å². The number of benzene rings is 2. The molecule has 2 aromatic carbocycles. The normalized spacial score (nSPS) is 19.2. The number of sulfonamides is 1. The van der Waals surface area contributed by atoms with Gasteiger partial charge in [0.2, 0.25) is 21.8 Å². The smallest absolute Gasteiger partial charge is 0.250 e. The minimum atomic E-state index is -3.79. The van der Waals surface area contributed by atoms with Gasteiger partial charge in [-0.25, -0.2) is 12.8 Å². The van der Waals surface area contributed by atoms with Gasteiger partial charge in [-0.05, 0) is 49.1 Å². The highest BCUT2D eigenvalue weighted by molar-refractivity contribution is 7.89. The van der Waals surface area contributed by atoms with Crippen molar-refractivity contribution >= 4 is 21.8 Å². The Morgan fingerprint density at radius 1 is 0.848 bits per heavy atom. The Balaban J connectivity index is 1.54. The number of rotatable bonds is 5. The molecule has 0 saturated carbocycles. The fraction of sp³-hybridized carbons (Fsp3) is 0.417. The molecular formula is C24H28FN3O4S. The predicted octanol–water partition coefficient (Wildman–Crippen LogP) is 2.80. The highest BCUT2D eigenvalue weighted by Crippen LogP contribution is 2.28. The second-order valence-corrected chi connectivity index (χ2v) is 10.3. The van der Waals surface area contributed by atoms with E-state index in [2.05, 4.69) is 0 Å². The molecule has 2 aliphatic rings. The van der Waals surface area contributed by atoms with Gasteiger partial charge in [-0.1, -0.05) is 30.3 Å². The fourth-order valence-electron chi connectivity index (χ4n) is 4.47. The molecule has 2 aromatic rings.